The highest BCUT2D eigenvalue weighted by Crippen LogP contribution is 2.17. The number of thiazole rings is 1. The van der Waals surface area contributed by atoms with Crippen molar-refractivity contribution in [2.45, 2.75) is 59.2 Å². The second-order valence-electron chi connectivity index (χ2n) is 8.62. The van der Waals surface area contributed by atoms with Crippen LogP contribution in [-0.2, 0) is 11.3 Å². The van der Waals surface area contributed by atoms with Gasteiger partial charge in [-0.1, -0.05) is 13.8 Å². The van der Waals surface area contributed by atoms with Gasteiger partial charge >= 0.3 is 6.09 Å². The lowest BCUT2D eigenvalue weighted by Crippen LogP contribution is -2.45. The Morgan fingerprint density at radius 3 is 2.40 bits per heavy atom. The third-order valence-electron chi connectivity index (χ3n) is 4.21. The fraction of sp³-hybridized carbons (Fsp3) is 0.750. The number of nitrogens with zero attached hydrogens (tertiary/aromatic N) is 4. The molecule has 0 saturated carbocycles. The number of hydrogen-bond donors (Lipinski definition) is 2. The normalized spacial score (nSPS) is 12.8. The summed E-state index contributed by atoms with van der Waals surface area (Å²) < 4.78 is 5.39. The molecule has 0 fully saturated rings. The number of alkyl carbamates (subject to hydrolysis) is 1. The van der Waals surface area contributed by atoms with Gasteiger partial charge in [0.1, 0.15) is 5.60 Å². The molecule has 174 valence electrons. The average molecular weight is 555 g/mol. The van der Waals surface area contributed by atoms with Crippen LogP contribution in [0.1, 0.15) is 46.7 Å². The van der Waals surface area contributed by atoms with Crippen molar-refractivity contribution >= 4 is 52.5 Å². The summed E-state index contributed by atoms with van der Waals surface area (Å²) in [6.07, 6.45) is 0.414. The number of carbonyl (C=O) groups is 1. The smallest absolute Gasteiger partial charge is 0.407 e. The van der Waals surface area contributed by atoms with E-state index in [0.29, 0.717) is 12.5 Å². The molecule has 1 atom stereocenters. The van der Waals surface area contributed by atoms with E-state index in [1.807, 2.05) is 46.8 Å². The van der Waals surface area contributed by atoms with E-state index in [1.54, 1.807) is 18.4 Å². The standard InChI is InChI=1S/C20H38N6O2S.HI/c1-14(2)16(24-19(27)28-20(3,4)5)10-11-26(9)17(21-6)22-12-15-13-29-18(23-15)25(7)8;/h13-14,16H,10-12H2,1-9H3,(H,21,22)(H,24,27);1H. The maximum absolute atomic E-state index is 12.1. The first kappa shape index (κ1) is 28.7. The SMILES string of the molecule is CN=C(NCc1csc(N(C)C)n1)N(C)CCC(NC(=O)OC(C)(C)C)C(C)C.I. The van der Waals surface area contributed by atoms with E-state index in [0.717, 1.165) is 29.8 Å². The van der Waals surface area contributed by atoms with Crippen LogP contribution < -0.4 is 15.5 Å². The van der Waals surface area contributed by atoms with Gasteiger partial charge < -0.3 is 25.2 Å². The summed E-state index contributed by atoms with van der Waals surface area (Å²) in [4.78, 5) is 25.1. The first-order valence-electron chi connectivity index (χ1n) is 9.96. The van der Waals surface area contributed by atoms with Crippen LogP contribution in [0.4, 0.5) is 9.93 Å². The van der Waals surface area contributed by atoms with Crippen molar-refractivity contribution in [3.05, 3.63) is 11.1 Å². The van der Waals surface area contributed by atoms with Gasteiger partial charge in [-0.05, 0) is 33.1 Å². The molecule has 10 heteroatoms. The Kier molecular flexibility index (Phi) is 12.6. The van der Waals surface area contributed by atoms with Gasteiger partial charge in [-0.25, -0.2) is 9.78 Å². The van der Waals surface area contributed by atoms with Crippen LogP contribution in [0.2, 0.25) is 0 Å². The molecule has 0 aliphatic carbocycles. The summed E-state index contributed by atoms with van der Waals surface area (Å²) in [7, 11) is 7.73. The van der Waals surface area contributed by atoms with Crippen molar-refractivity contribution in [1.29, 1.82) is 0 Å². The topological polar surface area (TPSA) is 82.1 Å². The van der Waals surface area contributed by atoms with Gasteiger partial charge in [-0.3, -0.25) is 4.99 Å². The third-order valence-corrected chi connectivity index (χ3v) is 5.26. The second-order valence-corrected chi connectivity index (χ2v) is 9.46. The molecule has 0 bridgehead atoms. The molecule has 1 unspecified atom stereocenters. The molecule has 0 spiro atoms. The van der Waals surface area contributed by atoms with Gasteiger partial charge in [-0.2, -0.15) is 0 Å². The lowest BCUT2D eigenvalue weighted by molar-refractivity contribution is 0.0486. The fourth-order valence-corrected chi connectivity index (χ4v) is 3.37. The number of nitrogens with one attached hydrogen (secondary N) is 2. The summed E-state index contributed by atoms with van der Waals surface area (Å²) >= 11 is 1.62. The van der Waals surface area contributed by atoms with Crippen LogP contribution in [0, 0.1) is 5.92 Å². The molecule has 8 nitrogen and oxygen atoms in total. The molecular formula is C20H39IN6O2S. The number of aromatic nitrogens is 1. The lowest BCUT2D eigenvalue weighted by atomic mass is 10.0. The Morgan fingerprint density at radius 1 is 1.30 bits per heavy atom. The quantitative estimate of drug-likeness (QED) is 0.289. The molecule has 1 aromatic heterocycles. The number of ether oxygens (including phenoxy) is 1. The van der Waals surface area contributed by atoms with Crippen molar-refractivity contribution in [2.75, 3.05) is 39.6 Å². The second kappa shape index (κ2) is 13.2. The Hall–Kier alpha value is -1.30. The molecule has 0 saturated heterocycles. The molecule has 2 N–H and O–H groups in total. The highest BCUT2D eigenvalue weighted by atomic mass is 127. The molecule has 0 aromatic carbocycles. The van der Waals surface area contributed by atoms with Gasteiger partial charge in [0.15, 0.2) is 11.1 Å². The molecule has 1 aromatic rings. The minimum atomic E-state index is -0.503. The number of rotatable bonds is 8. The van der Waals surface area contributed by atoms with Gasteiger partial charge in [0.2, 0.25) is 0 Å². The summed E-state index contributed by atoms with van der Waals surface area (Å²) in [6.45, 7) is 11.2. The number of hydrogen-bond acceptors (Lipinski definition) is 6. The number of anilines is 1. The Morgan fingerprint density at radius 2 is 1.93 bits per heavy atom. The molecule has 30 heavy (non-hydrogen) atoms. The molecule has 1 rings (SSSR count). The lowest BCUT2D eigenvalue weighted by Gasteiger charge is -2.28. The highest BCUT2D eigenvalue weighted by molar-refractivity contribution is 14.0. The van der Waals surface area contributed by atoms with Crippen LogP contribution >= 0.6 is 35.3 Å². The molecule has 0 aliphatic heterocycles. The van der Waals surface area contributed by atoms with Crippen LogP contribution in [0.15, 0.2) is 10.4 Å². The number of aliphatic imine (C=N–C) groups is 1. The van der Waals surface area contributed by atoms with Crippen molar-refractivity contribution in [3.63, 3.8) is 0 Å². The number of halogens is 1. The fourth-order valence-electron chi connectivity index (χ4n) is 2.61. The van der Waals surface area contributed by atoms with E-state index in [4.69, 9.17) is 4.74 Å². The zero-order chi connectivity index (χ0) is 22.2. The van der Waals surface area contributed by atoms with E-state index in [-0.39, 0.29) is 36.1 Å². The minimum absolute atomic E-state index is 0. The van der Waals surface area contributed by atoms with E-state index < -0.39 is 5.60 Å². The molecule has 0 aliphatic rings. The van der Waals surface area contributed by atoms with E-state index >= 15 is 0 Å². The number of amides is 1. The maximum atomic E-state index is 12.1. The summed E-state index contributed by atoms with van der Waals surface area (Å²) in [5.74, 6) is 1.09. The maximum Gasteiger partial charge on any atom is 0.407 e. The van der Waals surface area contributed by atoms with Gasteiger partial charge in [-0.15, -0.1) is 35.3 Å². The first-order valence-corrected chi connectivity index (χ1v) is 10.8. The van der Waals surface area contributed by atoms with Crippen LogP contribution in [0.5, 0.6) is 0 Å². The van der Waals surface area contributed by atoms with Crippen LogP contribution in [0.25, 0.3) is 0 Å². The largest absolute Gasteiger partial charge is 0.444 e. The van der Waals surface area contributed by atoms with Crippen LogP contribution in [-0.4, -0.2) is 68.3 Å². The van der Waals surface area contributed by atoms with Gasteiger partial charge in [0, 0.05) is 46.2 Å². The van der Waals surface area contributed by atoms with Crippen molar-refractivity contribution < 1.29 is 9.53 Å². The van der Waals surface area contributed by atoms with E-state index in [1.165, 1.54) is 0 Å². The monoisotopic (exact) mass is 554 g/mol. The highest BCUT2D eigenvalue weighted by Gasteiger charge is 2.22. The van der Waals surface area contributed by atoms with Crippen molar-refractivity contribution in [3.8, 4) is 0 Å². The van der Waals surface area contributed by atoms with E-state index in [9.17, 15) is 4.79 Å². The van der Waals surface area contributed by atoms with Gasteiger partial charge in [0.05, 0.1) is 12.2 Å². The first-order chi connectivity index (χ1) is 13.4. The molecular weight excluding hydrogens is 515 g/mol. The van der Waals surface area contributed by atoms with Crippen molar-refractivity contribution in [2.24, 2.45) is 10.9 Å². The molecule has 0 radical (unpaired) electrons. The zero-order valence-electron chi connectivity index (χ0n) is 19.8. The predicted molar refractivity (Wildman–Crippen MR) is 137 cm³/mol. The summed E-state index contributed by atoms with van der Waals surface area (Å²) in [5, 5.41) is 9.38. The van der Waals surface area contributed by atoms with Gasteiger partial charge in [0.25, 0.3) is 0 Å². The Labute approximate surface area is 202 Å². The average Bonchev–Trinajstić information content (AvgIpc) is 3.06. The Balaban J connectivity index is 0.00000841. The van der Waals surface area contributed by atoms with E-state index in [2.05, 4.69) is 44.7 Å². The van der Waals surface area contributed by atoms with Crippen molar-refractivity contribution in [1.82, 2.24) is 20.5 Å². The zero-order valence-corrected chi connectivity index (χ0v) is 22.9. The Bertz CT molecular complexity index is 672. The number of carbonyl (C=O) groups excluding carboxylic acids is 1. The van der Waals surface area contributed by atoms with Crippen LogP contribution in [0.3, 0.4) is 0 Å². The minimum Gasteiger partial charge on any atom is -0.444 e. The predicted octanol–water partition coefficient (Wildman–Crippen LogP) is 3.77. The summed E-state index contributed by atoms with van der Waals surface area (Å²) in [5.41, 5.74) is 0.483. The third kappa shape index (κ3) is 10.6. The molecule has 1 amide bonds. The molecule has 1 heterocycles. The number of guanidine groups is 1. The summed E-state index contributed by atoms with van der Waals surface area (Å²) in [6, 6.07) is 0.0200.